The standard InChI is InChI=1S/C11H11BrN4O4/c1-15-9(17)3-2-7(11(15)18)14-10-8(16(19)20)4-6(12)5-13-10/h4-5,7H,2-3H2,1H3,(H,13,14). The van der Waals surface area contributed by atoms with Crippen LogP contribution in [-0.4, -0.2) is 39.7 Å². The average molecular weight is 343 g/mol. The van der Waals surface area contributed by atoms with E-state index in [4.69, 9.17) is 0 Å². The molecule has 0 saturated carbocycles. The largest absolute Gasteiger partial charge is 0.353 e. The molecule has 8 nitrogen and oxygen atoms in total. The highest BCUT2D eigenvalue weighted by atomic mass is 79.9. The fourth-order valence-electron chi connectivity index (χ4n) is 1.89. The molecule has 106 valence electrons. The molecular weight excluding hydrogens is 332 g/mol. The third-order valence-corrected chi connectivity index (χ3v) is 3.43. The van der Waals surface area contributed by atoms with Gasteiger partial charge in [-0.3, -0.25) is 24.6 Å². The quantitative estimate of drug-likeness (QED) is 0.504. The first-order chi connectivity index (χ1) is 9.40. The summed E-state index contributed by atoms with van der Waals surface area (Å²) in [6, 6.07) is 0.613. The van der Waals surface area contributed by atoms with E-state index in [1.54, 1.807) is 0 Å². The van der Waals surface area contributed by atoms with Gasteiger partial charge in [0.05, 0.1) is 4.92 Å². The van der Waals surface area contributed by atoms with Crippen molar-refractivity contribution in [3.63, 3.8) is 0 Å². The van der Waals surface area contributed by atoms with E-state index in [2.05, 4.69) is 26.2 Å². The number of halogens is 1. The summed E-state index contributed by atoms with van der Waals surface area (Å²) in [4.78, 5) is 38.6. The van der Waals surface area contributed by atoms with E-state index < -0.39 is 16.9 Å². The molecule has 0 spiro atoms. The first-order valence-electron chi connectivity index (χ1n) is 5.77. The van der Waals surface area contributed by atoms with E-state index in [0.29, 0.717) is 4.47 Å². The molecule has 1 N–H and O–H groups in total. The zero-order valence-corrected chi connectivity index (χ0v) is 12.1. The number of rotatable bonds is 3. The maximum absolute atomic E-state index is 11.9. The number of nitrogens with one attached hydrogen (secondary N) is 1. The van der Waals surface area contributed by atoms with Gasteiger partial charge in [0.25, 0.3) is 5.91 Å². The second-order valence-electron chi connectivity index (χ2n) is 4.30. The average Bonchev–Trinajstić information content (AvgIpc) is 2.41. The number of anilines is 1. The molecule has 2 rings (SSSR count). The van der Waals surface area contributed by atoms with Crippen LogP contribution < -0.4 is 5.32 Å². The number of pyridine rings is 1. The van der Waals surface area contributed by atoms with Crippen molar-refractivity contribution in [1.29, 1.82) is 0 Å². The van der Waals surface area contributed by atoms with Gasteiger partial charge in [0.1, 0.15) is 6.04 Å². The molecule has 1 saturated heterocycles. The van der Waals surface area contributed by atoms with E-state index in [9.17, 15) is 19.7 Å². The Morgan fingerprint density at radius 2 is 2.25 bits per heavy atom. The Morgan fingerprint density at radius 3 is 2.90 bits per heavy atom. The number of hydrogen-bond acceptors (Lipinski definition) is 6. The minimum atomic E-state index is -0.690. The monoisotopic (exact) mass is 342 g/mol. The van der Waals surface area contributed by atoms with Crippen LogP contribution in [-0.2, 0) is 9.59 Å². The lowest BCUT2D eigenvalue weighted by atomic mass is 10.0. The second kappa shape index (κ2) is 5.53. The molecule has 1 atom stereocenters. The van der Waals surface area contributed by atoms with Crippen molar-refractivity contribution in [2.24, 2.45) is 0 Å². The van der Waals surface area contributed by atoms with Crippen LogP contribution in [0.5, 0.6) is 0 Å². The number of likely N-dealkylation sites (tertiary alicyclic amines) is 1. The lowest BCUT2D eigenvalue weighted by Gasteiger charge is -2.28. The minimum Gasteiger partial charge on any atom is -0.353 e. The first kappa shape index (κ1) is 14.4. The molecule has 0 radical (unpaired) electrons. The number of hydrogen-bond donors (Lipinski definition) is 1. The lowest BCUT2D eigenvalue weighted by Crippen LogP contribution is -2.48. The summed E-state index contributed by atoms with van der Waals surface area (Å²) < 4.78 is 0.469. The summed E-state index contributed by atoms with van der Waals surface area (Å²) in [5, 5.41) is 13.7. The molecule has 2 amide bonds. The van der Waals surface area contributed by atoms with Crippen molar-refractivity contribution in [2.75, 3.05) is 12.4 Å². The number of likely N-dealkylation sites (N-methyl/N-ethyl adjacent to an activating group) is 1. The van der Waals surface area contributed by atoms with Crippen LogP contribution in [0.1, 0.15) is 12.8 Å². The molecule has 0 aliphatic carbocycles. The number of aromatic nitrogens is 1. The van der Waals surface area contributed by atoms with Crippen molar-refractivity contribution >= 4 is 39.2 Å². The predicted octanol–water partition coefficient (Wildman–Crippen LogP) is 1.31. The summed E-state index contributed by atoms with van der Waals surface area (Å²) in [5.41, 5.74) is -0.230. The molecule has 1 aromatic heterocycles. The number of carbonyl (C=O) groups excluding carboxylic acids is 2. The molecule has 1 unspecified atom stereocenters. The van der Waals surface area contributed by atoms with Crippen molar-refractivity contribution in [2.45, 2.75) is 18.9 Å². The second-order valence-corrected chi connectivity index (χ2v) is 5.22. The summed E-state index contributed by atoms with van der Waals surface area (Å²) in [7, 11) is 1.39. The number of carbonyl (C=O) groups is 2. The van der Waals surface area contributed by atoms with Gasteiger partial charge in [0.2, 0.25) is 11.7 Å². The van der Waals surface area contributed by atoms with Gasteiger partial charge in [-0.15, -0.1) is 0 Å². The number of nitrogens with zero attached hydrogens (tertiary/aromatic N) is 3. The Balaban J connectivity index is 2.24. The molecule has 1 aliphatic rings. The fraction of sp³-hybridized carbons (Fsp3) is 0.364. The van der Waals surface area contributed by atoms with Crippen LogP contribution in [0, 0.1) is 10.1 Å². The van der Waals surface area contributed by atoms with Gasteiger partial charge in [-0.1, -0.05) is 0 Å². The molecular formula is C11H11BrN4O4. The van der Waals surface area contributed by atoms with Crippen LogP contribution in [0.2, 0.25) is 0 Å². The van der Waals surface area contributed by atoms with Gasteiger partial charge in [-0.05, 0) is 22.4 Å². The summed E-state index contributed by atoms with van der Waals surface area (Å²) in [6.45, 7) is 0. The van der Waals surface area contributed by atoms with Crippen LogP contribution in [0.15, 0.2) is 16.7 Å². The highest BCUT2D eigenvalue weighted by molar-refractivity contribution is 9.10. The van der Waals surface area contributed by atoms with Crippen LogP contribution in [0.3, 0.4) is 0 Å². The molecule has 1 aromatic rings. The van der Waals surface area contributed by atoms with Crippen LogP contribution in [0.4, 0.5) is 11.5 Å². The normalized spacial score (nSPS) is 19.1. The highest BCUT2D eigenvalue weighted by Crippen LogP contribution is 2.27. The zero-order chi connectivity index (χ0) is 14.9. The predicted molar refractivity (Wildman–Crippen MR) is 73.0 cm³/mol. The van der Waals surface area contributed by atoms with Crippen LogP contribution in [0.25, 0.3) is 0 Å². The topological polar surface area (TPSA) is 105 Å². The van der Waals surface area contributed by atoms with Gasteiger partial charge in [-0.2, -0.15) is 0 Å². The lowest BCUT2D eigenvalue weighted by molar-refractivity contribution is -0.384. The van der Waals surface area contributed by atoms with E-state index in [1.807, 2.05) is 0 Å². The maximum atomic E-state index is 11.9. The van der Waals surface area contributed by atoms with Crippen molar-refractivity contribution < 1.29 is 14.5 Å². The molecule has 1 fully saturated rings. The van der Waals surface area contributed by atoms with E-state index >= 15 is 0 Å². The van der Waals surface area contributed by atoms with Crippen molar-refractivity contribution in [3.05, 3.63) is 26.9 Å². The van der Waals surface area contributed by atoms with E-state index in [-0.39, 0.29) is 30.3 Å². The minimum absolute atomic E-state index is 0.0132. The summed E-state index contributed by atoms with van der Waals surface area (Å²) in [6.07, 6.45) is 1.90. The molecule has 0 bridgehead atoms. The SMILES string of the molecule is CN1C(=O)CCC(Nc2ncc(Br)cc2[N+](=O)[O-])C1=O. The van der Waals surface area contributed by atoms with Crippen LogP contribution >= 0.6 is 15.9 Å². The third-order valence-electron chi connectivity index (χ3n) is 2.99. The number of amides is 2. The maximum Gasteiger partial charge on any atom is 0.312 e. The Kier molecular flexibility index (Phi) is 3.98. The van der Waals surface area contributed by atoms with E-state index in [0.717, 1.165) is 4.90 Å². The molecule has 20 heavy (non-hydrogen) atoms. The van der Waals surface area contributed by atoms with Gasteiger partial charge in [-0.25, -0.2) is 4.98 Å². The summed E-state index contributed by atoms with van der Waals surface area (Å²) >= 11 is 3.10. The zero-order valence-electron chi connectivity index (χ0n) is 10.5. The Labute approximate surface area is 122 Å². The third kappa shape index (κ3) is 2.77. The summed E-state index contributed by atoms with van der Waals surface area (Å²) in [5.74, 6) is -0.661. The first-order valence-corrected chi connectivity index (χ1v) is 6.56. The number of nitro groups is 1. The molecule has 9 heteroatoms. The van der Waals surface area contributed by atoms with Crippen molar-refractivity contribution in [3.8, 4) is 0 Å². The highest BCUT2D eigenvalue weighted by Gasteiger charge is 2.33. The van der Waals surface area contributed by atoms with Gasteiger partial charge in [0, 0.05) is 30.2 Å². The molecule has 1 aliphatic heterocycles. The Morgan fingerprint density at radius 1 is 1.55 bits per heavy atom. The number of imide groups is 1. The Hall–Kier alpha value is -2.03. The molecule has 2 heterocycles. The van der Waals surface area contributed by atoms with Gasteiger partial charge in [0.15, 0.2) is 0 Å². The Bertz CT molecular complexity index is 592. The van der Waals surface area contributed by atoms with Crippen molar-refractivity contribution in [1.82, 2.24) is 9.88 Å². The fourth-order valence-corrected chi connectivity index (χ4v) is 2.21. The smallest absolute Gasteiger partial charge is 0.312 e. The van der Waals surface area contributed by atoms with Gasteiger partial charge < -0.3 is 5.32 Å². The van der Waals surface area contributed by atoms with Gasteiger partial charge >= 0.3 is 5.69 Å². The molecule has 0 aromatic carbocycles. The number of piperidine rings is 1. The van der Waals surface area contributed by atoms with E-state index in [1.165, 1.54) is 19.3 Å².